The van der Waals surface area contributed by atoms with Crippen LogP contribution in [0.1, 0.15) is 0 Å². The number of aromatic nitrogens is 4. The van der Waals surface area contributed by atoms with E-state index in [-0.39, 0.29) is 0 Å². The first-order valence-corrected chi connectivity index (χ1v) is 15.6. The summed E-state index contributed by atoms with van der Waals surface area (Å²) in [4.78, 5) is 19.9. The zero-order valence-corrected chi connectivity index (χ0v) is 25.1. The quantitative estimate of drug-likeness (QED) is 0.189. The van der Waals surface area contributed by atoms with Crippen molar-refractivity contribution in [3.63, 3.8) is 0 Å². The smallest absolute Gasteiger partial charge is 0.167 e. The monoisotopic (exact) mass is 600 g/mol. The Labute approximate surface area is 268 Å². The minimum atomic E-state index is 0.538. The summed E-state index contributed by atoms with van der Waals surface area (Å²) in [6.07, 6.45) is 1.82. The van der Waals surface area contributed by atoms with Crippen molar-refractivity contribution in [3.05, 3.63) is 146 Å². The van der Waals surface area contributed by atoms with Gasteiger partial charge in [0, 0.05) is 33.5 Å². The molecule has 5 heteroatoms. The van der Waals surface area contributed by atoms with E-state index in [4.69, 9.17) is 24.4 Å². The maximum Gasteiger partial charge on any atom is 0.167 e. The second-order valence-corrected chi connectivity index (χ2v) is 11.9. The van der Waals surface area contributed by atoms with Gasteiger partial charge in [0.1, 0.15) is 11.2 Å². The van der Waals surface area contributed by atoms with Gasteiger partial charge in [-0.05, 0) is 56.6 Å². The van der Waals surface area contributed by atoms with Crippen LogP contribution in [-0.4, -0.2) is 19.9 Å². The van der Waals surface area contributed by atoms with Crippen LogP contribution in [0.2, 0.25) is 0 Å². The van der Waals surface area contributed by atoms with E-state index in [1.54, 1.807) is 0 Å². The summed E-state index contributed by atoms with van der Waals surface area (Å²) in [7, 11) is 0. The van der Waals surface area contributed by atoms with Gasteiger partial charge in [0.05, 0.1) is 11.1 Å². The Bertz CT molecular complexity index is 2860. The predicted molar refractivity (Wildman–Crippen MR) is 191 cm³/mol. The number of rotatable bonds is 3. The third-order valence-corrected chi connectivity index (χ3v) is 9.14. The molecular weight excluding hydrogens is 576 g/mol. The zero-order valence-electron chi connectivity index (χ0n) is 25.1. The fraction of sp³-hybridized carbons (Fsp3) is 0. The van der Waals surface area contributed by atoms with Crippen molar-refractivity contribution in [2.24, 2.45) is 0 Å². The number of nitrogens with zero attached hydrogens (tertiary/aromatic N) is 4. The standard InChI is InChI=1S/C42H24N4O/c1-2-10-26(11-3-1)40-44-41(28-18-19-30-27(23-28)17-21-31-29-12-5-4-9-25(29)16-20-32(30)31)46-42(45-40)35-24-36-33(14-8-22-43-36)38-34-13-6-7-15-37(34)47-39(35)38/h1-24H. The van der Waals surface area contributed by atoms with Crippen molar-refractivity contribution in [2.45, 2.75) is 0 Å². The Morgan fingerprint density at radius 2 is 1.09 bits per heavy atom. The van der Waals surface area contributed by atoms with Gasteiger partial charge in [0.15, 0.2) is 17.5 Å². The average Bonchev–Trinajstić information content (AvgIpc) is 3.54. The van der Waals surface area contributed by atoms with E-state index < -0.39 is 0 Å². The second kappa shape index (κ2) is 10.0. The van der Waals surface area contributed by atoms with E-state index >= 15 is 0 Å². The lowest BCUT2D eigenvalue weighted by Crippen LogP contribution is -2.00. The number of pyridine rings is 1. The van der Waals surface area contributed by atoms with Crippen molar-refractivity contribution in [1.29, 1.82) is 0 Å². The lowest BCUT2D eigenvalue weighted by atomic mass is 9.96. The van der Waals surface area contributed by atoms with Crippen molar-refractivity contribution in [2.75, 3.05) is 0 Å². The van der Waals surface area contributed by atoms with Crippen LogP contribution in [0.5, 0.6) is 0 Å². The number of hydrogen-bond acceptors (Lipinski definition) is 5. The van der Waals surface area contributed by atoms with E-state index in [9.17, 15) is 0 Å². The molecule has 0 atom stereocenters. The minimum absolute atomic E-state index is 0.538. The largest absolute Gasteiger partial charge is 0.455 e. The van der Waals surface area contributed by atoms with Crippen molar-refractivity contribution < 1.29 is 4.42 Å². The lowest BCUT2D eigenvalue weighted by molar-refractivity contribution is 0.669. The third kappa shape index (κ3) is 4.03. The van der Waals surface area contributed by atoms with Crippen molar-refractivity contribution in [1.82, 2.24) is 19.9 Å². The van der Waals surface area contributed by atoms with Gasteiger partial charge in [-0.1, -0.05) is 115 Å². The molecule has 218 valence electrons. The molecule has 7 aromatic carbocycles. The number of fused-ring (bicyclic) bond motifs is 10. The summed E-state index contributed by atoms with van der Waals surface area (Å²) >= 11 is 0. The third-order valence-electron chi connectivity index (χ3n) is 9.14. The fourth-order valence-electron chi connectivity index (χ4n) is 6.92. The first-order chi connectivity index (χ1) is 23.3. The molecule has 0 amide bonds. The molecule has 0 radical (unpaired) electrons. The summed E-state index contributed by atoms with van der Waals surface area (Å²) in [5, 5.41) is 10.4. The van der Waals surface area contributed by atoms with E-state index in [0.717, 1.165) is 54.9 Å². The van der Waals surface area contributed by atoms with Gasteiger partial charge in [-0.2, -0.15) is 0 Å². The number of hydrogen-bond donors (Lipinski definition) is 0. The SMILES string of the molecule is c1ccc(-c2nc(-c3ccc4c(ccc5c6ccccc6ccc45)c3)nc(-c3cc4ncccc4c4c3oc3ccccc34)n2)cc1. The van der Waals surface area contributed by atoms with Gasteiger partial charge >= 0.3 is 0 Å². The molecular formula is C42H24N4O. The maximum atomic E-state index is 6.54. The van der Waals surface area contributed by atoms with E-state index in [1.807, 2.05) is 66.9 Å². The first-order valence-electron chi connectivity index (χ1n) is 15.6. The molecule has 0 saturated heterocycles. The van der Waals surface area contributed by atoms with Crippen LogP contribution in [-0.2, 0) is 0 Å². The maximum absolute atomic E-state index is 6.54. The molecule has 10 rings (SSSR count). The highest BCUT2D eigenvalue weighted by Crippen LogP contribution is 2.40. The molecule has 0 spiro atoms. The normalized spacial score (nSPS) is 11.8. The Morgan fingerprint density at radius 1 is 0.426 bits per heavy atom. The molecule has 0 unspecified atom stereocenters. The highest BCUT2D eigenvalue weighted by molar-refractivity contribution is 6.21. The minimum Gasteiger partial charge on any atom is -0.455 e. The fourth-order valence-corrected chi connectivity index (χ4v) is 6.92. The lowest BCUT2D eigenvalue weighted by Gasteiger charge is -2.11. The van der Waals surface area contributed by atoms with Crippen molar-refractivity contribution in [3.8, 4) is 34.2 Å². The van der Waals surface area contributed by atoms with Crippen LogP contribution >= 0.6 is 0 Å². The highest BCUT2D eigenvalue weighted by atomic mass is 16.3. The van der Waals surface area contributed by atoms with Gasteiger partial charge in [-0.15, -0.1) is 0 Å². The Kier molecular flexibility index (Phi) is 5.51. The highest BCUT2D eigenvalue weighted by Gasteiger charge is 2.20. The van der Waals surface area contributed by atoms with Crippen LogP contribution < -0.4 is 0 Å². The van der Waals surface area contributed by atoms with Gasteiger partial charge < -0.3 is 4.42 Å². The predicted octanol–water partition coefficient (Wildman–Crippen LogP) is 10.8. The van der Waals surface area contributed by atoms with Gasteiger partial charge in [0.2, 0.25) is 0 Å². The first kappa shape index (κ1) is 25.8. The second-order valence-electron chi connectivity index (χ2n) is 11.9. The Hall–Kier alpha value is -6.46. The average molecular weight is 601 g/mol. The number of para-hydroxylation sites is 1. The molecule has 0 aliphatic carbocycles. The van der Waals surface area contributed by atoms with Crippen LogP contribution in [0.15, 0.2) is 150 Å². The topological polar surface area (TPSA) is 64.7 Å². The van der Waals surface area contributed by atoms with Gasteiger partial charge in [-0.25, -0.2) is 15.0 Å². The van der Waals surface area contributed by atoms with Crippen molar-refractivity contribution >= 4 is 65.2 Å². The molecule has 0 N–H and O–H groups in total. The molecule has 0 saturated carbocycles. The van der Waals surface area contributed by atoms with E-state index in [2.05, 4.69) is 78.9 Å². The van der Waals surface area contributed by atoms with E-state index in [0.29, 0.717) is 17.5 Å². The van der Waals surface area contributed by atoms with E-state index in [1.165, 1.54) is 26.9 Å². The summed E-state index contributed by atoms with van der Waals surface area (Å²) in [6.45, 7) is 0. The summed E-state index contributed by atoms with van der Waals surface area (Å²) in [6, 6.07) is 48.1. The molecule has 0 bridgehead atoms. The molecule has 3 aromatic heterocycles. The molecule has 47 heavy (non-hydrogen) atoms. The molecule has 3 heterocycles. The summed E-state index contributed by atoms with van der Waals surface area (Å²) < 4.78 is 6.54. The Balaban J connectivity index is 1.22. The number of benzene rings is 7. The number of furan rings is 1. The zero-order chi connectivity index (χ0) is 30.9. The summed E-state index contributed by atoms with van der Waals surface area (Å²) in [5.74, 6) is 1.73. The van der Waals surface area contributed by atoms with Crippen LogP contribution in [0, 0.1) is 0 Å². The molecule has 10 aromatic rings. The van der Waals surface area contributed by atoms with Crippen LogP contribution in [0.25, 0.3) is 99.3 Å². The van der Waals surface area contributed by atoms with Gasteiger partial charge in [0.25, 0.3) is 0 Å². The summed E-state index contributed by atoms with van der Waals surface area (Å²) in [5.41, 5.74) is 5.01. The Morgan fingerprint density at radius 3 is 1.96 bits per heavy atom. The van der Waals surface area contributed by atoms with Crippen LogP contribution in [0.4, 0.5) is 0 Å². The van der Waals surface area contributed by atoms with Crippen LogP contribution in [0.3, 0.4) is 0 Å². The molecule has 0 fully saturated rings. The molecule has 0 aliphatic rings. The molecule has 0 aliphatic heterocycles. The molecule has 5 nitrogen and oxygen atoms in total. The van der Waals surface area contributed by atoms with Gasteiger partial charge in [-0.3, -0.25) is 4.98 Å².